The number of aryl methyl sites for hydroxylation is 2. The molecular weight excluding hydrogens is 390 g/mol. The van der Waals surface area contributed by atoms with Gasteiger partial charge in [-0.15, -0.1) is 0 Å². The standard InChI is InChI=1S/C21H25N3O4S/c1-5-18-17(16-8-6-7-9-19(16)28-18)13-24(4)21(25)23-15-11-10-14(2)20(12-15)29(26,27)22-3/h6-12,22H,5,13H2,1-4H3,(H,23,25). The number of anilines is 1. The van der Waals surface area contributed by atoms with Gasteiger partial charge < -0.3 is 14.6 Å². The average molecular weight is 416 g/mol. The molecule has 3 rings (SSSR count). The van der Waals surface area contributed by atoms with Crippen LogP contribution in [0.1, 0.15) is 23.8 Å². The van der Waals surface area contributed by atoms with Crippen LogP contribution < -0.4 is 10.0 Å². The number of nitrogens with one attached hydrogen (secondary N) is 2. The van der Waals surface area contributed by atoms with E-state index < -0.39 is 10.0 Å². The number of sulfonamides is 1. The Kier molecular flexibility index (Phi) is 5.95. The Morgan fingerprint density at radius 2 is 1.90 bits per heavy atom. The van der Waals surface area contributed by atoms with Crippen molar-refractivity contribution in [3.63, 3.8) is 0 Å². The Bertz CT molecular complexity index is 1150. The van der Waals surface area contributed by atoms with Crippen LogP contribution in [0.5, 0.6) is 0 Å². The number of rotatable bonds is 6. The Labute approximate surface area is 170 Å². The van der Waals surface area contributed by atoms with Crippen LogP contribution in [-0.2, 0) is 23.0 Å². The lowest BCUT2D eigenvalue weighted by molar-refractivity contribution is 0.220. The monoisotopic (exact) mass is 415 g/mol. The molecule has 2 amide bonds. The number of hydrogen-bond acceptors (Lipinski definition) is 4. The van der Waals surface area contributed by atoms with Crippen LogP contribution in [-0.4, -0.2) is 33.4 Å². The Morgan fingerprint density at radius 1 is 1.17 bits per heavy atom. The number of benzene rings is 2. The van der Waals surface area contributed by atoms with Gasteiger partial charge in [-0.1, -0.05) is 31.2 Å². The predicted octanol–water partition coefficient (Wildman–Crippen LogP) is 3.88. The van der Waals surface area contributed by atoms with E-state index in [1.165, 1.54) is 13.1 Å². The molecule has 0 aliphatic rings. The number of urea groups is 1. The van der Waals surface area contributed by atoms with Crippen molar-refractivity contribution >= 4 is 32.7 Å². The van der Waals surface area contributed by atoms with Crippen molar-refractivity contribution in [2.75, 3.05) is 19.4 Å². The zero-order valence-electron chi connectivity index (χ0n) is 16.9. The number of nitrogens with zero attached hydrogens (tertiary/aromatic N) is 1. The van der Waals surface area contributed by atoms with E-state index >= 15 is 0 Å². The highest BCUT2D eigenvalue weighted by molar-refractivity contribution is 7.89. The summed E-state index contributed by atoms with van der Waals surface area (Å²) < 4.78 is 32.5. The zero-order valence-corrected chi connectivity index (χ0v) is 17.8. The summed E-state index contributed by atoms with van der Waals surface area (Å²) in [5.74, 6) is 0.851. The smallest absolute Gasteiger partial charge is 0.321 e. The molecule has 1 aromatic heterocycles. The lowest BCUT2D eigenvalue weighted by Gasteiger charge is -2.19. The van der Waals surface area contributed by atoms with Gasteiger partial charge >= 0.3 is 6.03 Å². The van der Waals surface area contributed by atoms with E-state index in [9.17, 15) is 13.2 Å². The van der Waals surface area contributed by atoms with Gasteiger partial charge in [0.2, 0.25) is 10.0 Å². The number of furan rings is 1. The molecule has 0 spiro atoms. The third kappa shape index (κ3) is 4.28. The second kappa shape index (κ2) is 8.26. The molecule has 0 saturated carbocycles. The Balaban J connectivity index is 1.81. The van der Waals surface area contributed by atoms with Gasteiger partial charge in [-0.05, 0) is 37.7 Å². The van der Waals surface area contributed by atoms with E-state index in [2.05, 4.69) is 10.0 Å². The number of carbonyl (C=O) groups is 1. The molecule has 1 heterocycles. The van der Waals surface area contributed by atoms with E-state index in [-0.39, 0.29) is 10.9 Å². The summed E-state index contributed by atoms with van der Waals surface area (Å²) in [5, 5.41) is 3.76. The Morgan fingerprint density at radius 3 is 2.59 bits per heavy atom. The first-order valence-corrected chi connectivity index (χ1v) is 10.8. The molecule has 29 heavy (non-hydrogen) atoms. The molecule has 0 fully saturated rings. The molecule has 0 aliphatic carbocycles. The highest BCUT2D eigenvalue weighted by Gasteiger charge is 2.19. The number of para-hydroxylation sites is 1. The summed E-state index contributed by atoms with van der Waals surface area (Å²) in [6, 6.07) is 12.2. The first kappa shape index (κ1) is 20.9. The highest BCUT2D eigenvalue weighted by Crippen LogP contribution is 2.27. The maximum atomic E-state index is 12.7. The first-order chi connectivity index (χ1) is 13.8. The largest absolute Gasteiger partial charge is 0.461 e. The van der Waals surface area contributed by atoms with E-state index in [1.54, 1.807) is 31.0 Å². The molecular formula is C21H25N3O4S. The van der Waals surface area contributed by atoms with E-state index in [0.29, 0.717) is 17.8 Å². The molecule has 0 unspecified atom stereocenters. The molecule has 7 nitrogen and oxygen atoms in total. The second-order valence-electron chi connectivity index (χ2n) is 6.83. The topological polar surface area (TPSA) is 91.7 Å². The number of hydrogen-bond donors (Lipinski definition) is 2. The number of fused-ring (bicyclic) bond motifs is 1. The SMILES string of the molecule is CCc1oc2ccccc2c1CN(C)C(=O)Nc1ccc(C)c(S(=O)(=O)NC)c1. The van der Waals surface area contributed by atoms with E-state index in [1.807, 2.05) is 31.2 Å². The second-order valence-corrected chi connectivity index (χ2v) is 8.68. The summed E-state index contributed by atoms with van der Waals surface area (Å²) in [6.07, 6.45) is 0.725. The molecule has 154 valence electrons. The number of carbonyl (C=O) groups excluding carboxylic acids is 1. The van der Waals surface area contributed by atoms with Gasteiger partial charge in [0.05, 0.1) is 11.4 Å². The van der Waals surface area contributed by atoms with Crippen molar-refractivity contribution in [1.29, 1.82) is 0 Å². The molecule has 8 heteroatoms. The van der Waals surface area contributed by atoms with E-state index in [4.69, 9.17) is 4.42 Å². The summed E-state index contributed by atoms with van der Waals surface area (Å²) in [7, 11) is -0.563. The minimum atomic E-state index is -3.61. The van der Waals surface area contributed by atoms with Crippen molar-refractivity contribution in [3.8, 4) is 0 Å². The van der Waals surface area contributed by atoms with Crippen LogP contribution in [0.15, 0.2) is 51.8 Å². The molecule has 2 aromatic carbocycles. The van der Waals surface area contributed by atoms with Crippen LogP contribution in [0.3, 0.4) is 0 Å². The third-order valence-electron chi connectivity index (χ3n) is 4.84. The molecule has 0 atom stereocenters. The Hall–Kier alpha value is -2.84. The van der Waals surface area contributed by atoms with Crippen LogP contribution in [0.25, 0.3) is 11.0 Å². The molecule has 2 N–H and O–H groups in total. The van der Waals surface area contributed by atoms with Crippen molar-refractivity contribution in [1.82, 2.24) is 9.62 Å². The summed E-state index contributed by atoms with van der Waals surface area (Å²) in [5.41, 5.74) is 2.79. The van der Waals surface area contributed by atoms with Crippen molar-refractivity contribution < 1.29 is 17.6 Å². The fourth-order valence-electron chi connectivity index (χ4n) is 3.21. The lowest BCUT2D eigenvalue weighted by atomic mass is 10.1. The molecule has 3 aromatic rings. The molecule has 0 radical (unpaired) electrons. The first-order valence-electron chi connectivity index (χ1n) is 9.32. The number of amides is 2. The lowest BCUT2D eigenvalue weighted by Crippen LogP contribution is -2.31. The summed E-state index contributed by atoms with van der Waals surface area (Å²) in [4.78, 5) is 14.4. The van der Waals surface area contributed by atoms with Gasteiger partial charge in [0.15, 0.2) is 0 Å². The van der Waals surface area contributed by atoms with Crippen LogP contribution in [0.2, 0.25) is 0 Å². The minimum absolute atomic E-state index is 0.134. The third-order valence-corrected chi connectivity index (χ3v) is 6.40. The maximum absolute atomic E-state index is 12.7. The van der Waals surface area contributed by atoms with Gasteiger partial charge in [0.25, 0.3) is 0 Å². The minimum Gasteiger partial charge on any atom is -0.461 e. The van der Waals surface area contributed by atoms with Crippen LogP contribution in [0, 0.1) is 6.92 Å². The fourth-order valence-corrected chi connectivity index (χ4v) is 4.21. The van der Waals surface area contributed by atoms with Crippen molar-refractivity contribution in [2.45, 2.75) is 31.7 Å². The van der Waals surface area contributed by atoms with Gasteiger partial charge in [-0.25, -0.2) is 17.9 Å². The summed E-state index contributed by atoms with van der Waals surface area (Å²) >= 11 is 0. The predicted molar refractivity (Wildman–Crippen MR) is 114 cm³/mol. The average Bonchev–Trinajstić information content (AvgIpc) is 3.06. The zero-order chi connectivity index (χ0) is 21.2. The van der Waals surface area contributed by atoms with Gasteiger partial charge in [0.1, 0.15) is 11.3 Å². The molecule has 0 bridgehead atoms. The van der Waals surface area contributed by atoms with Crippen molar-refractivity contribution in [3.05, 3.63) is 59.4 Å². The normalized spacial score (nSPS) is 11.6. The molecule has 0 aliphatic heterocycles. The summed E-state index contributed by atoms with van der Waals surface area (Å²) in [6.45, 7) is 4.09. The maximum Gasteiger partial charge on any atom is 0.321 e. The quantitative estimate of drug-likeness (QED) is 0.639. The van der Waals surface area contributed by atoms with Gasteiger partial charge in [0, 0.05) is 30.1 Å². The molecule has 0 saturated heterocycles. The van der Waals surface area contributed by atoms with Crippen LogP contribution in [0.4, 0.5) is 10.5 Å². The van der Waals surface area contributed by atoms with E-state index in [0.717, 1.165) is 28.7 Å². The van der Waals surface area contributed by atoms with Crippen molar-refractivity contribution in [2.24, 2.45) is 0 Å². The van der Waals surface area contributed by atoms with Gasteiger partial charge in [-0.3, -0.25) is 0 Å². The highest BCUT2D eigenvalue weighted by atomic mass is 32.2. The van der Waals surface area contributed by atoms with Gasteiger partial charge in [-0.2, -0.15) is 0 Å². The van der Waals surface area contributed by atoms with Crippen LogP contribution >= 0.6 is 0 Å². The fraction of sp³-hybridized carbons (Fsp3) is 0.286.